The van der Waals surface area contributed by atoms with Gasteiger partial charge in [-0.1, -0.05) is 6.07 Å². The van der Waals surface area contributed by atoms with Crippen LogP contribution in [0.2, 0.25) is 0 Å². The molecule has 3 aromatic heterocycles. The summed E-state index contributed by atoms with van der Waals surface area (Å²) in [7, 11) is 0. The second kappa shape index (κ2) is 4.08. The fourth-order valence-corrected chi connectivity index (χ4v) is 2.79. The number of rotatable bonds is 2. The third-order valence-corrected chi connectivity index (χ3v) is 3.76. The Kier molecular flexibility index (Phi) is 2.43. The van der Waals surface area contributed by atoms with Gasteiger partial charge in [0.05, 0.1) is 0 Å². The molecular formula is C14H10N2S. The normalized spacial score (nSPS) is 10.5. The first-order valence-corrected chi connectivity index (χ1v) is 6.22. The molecule has 3 heterocycles. The van der Waals surface area contributed by atoms with Gasteiger partial charge in [-0.3, -0.25) is 0 Å². The molecule has 3 rings (SSSR count). The lowest BCUT2D eigenvalue weighted by Gasteiger charge is -2.00. The molecule has 0 radical (unpaired) electrons. The maximum absolute atomic E-state index is 8.80. The topological polar surface area (TPSA) is 28.2 Å². The summed E-state index contributed by atoms with van der Waals surface area (Å²) in [5, 5.41) is 8.80. The Morgan fingerprint density at radius 1 is 1.12 bits per heavy atom. The summed E-state index contributed by atoms with van der Waals surface area (Å²) < 4.78 is 2.19. The molecule has 0 spiro atoms. The molecule has 0 N–H and O–H groups in total. The van der Waals surface area contributed by atoms with Crippen LogP contribution in [0.15, 0.2) is 48.7 Å². The number of pyridine rings is 1. The minimum atomic E-state index is 0.779. The molecule has 17 heavy (non-hydrogen) atoms. The molecule has 0 bridgehead atoms. The Balaban J connectivity index is 1.97. The molecule has 0 unspecified atom stereocenters. The molecule has 0 aliphatic heterocycles. The number of fused-ring (bicyclic) bond motifs is 1. The van der Waals surface area contributed by atoms with E-state index in [0.717, 1.165) is 11.3 Å². The first-order valence-electron chi connectivity index (χ1n) is 5.40. The summed E-state index contributed by atoms with van der Waals surface area (Å²) in [6, 6.07) is 16.5. The van der Waals surface area contributed by atoms with Gasteiger partial charge in [0, 0.05) is 28.7 Å². The highest BCUT2D eigenvalue weighted by molar-refractivity contribution is 7.12. The average molecular weight is 238 g/mol. The predicted octanol–water partition coefficient (Wildman–Crippen LogP) is 3.46. The van der Waals surface area contributed by atoms with Crippen molar-refractivity contribution in [3.05, 3.63) is 64.1 Å². The third-order valence-electron chi connectivity index (χ3n) is 2.77. The Hall–Kier alpha value is -2.05. The lowest BCUT2D eigenvalue weighted by molar-refractivity contribution is 1.04. The van der Waals surface area contributed by atoms with E-state index in [1.54, 1.807) is 11.3 Å². The highest BCUT2D eigenvalue weighted by Crippen LogP contribution is 2.20. The standard InChI is InChI=1S/C14H10N2S/c15-10-14-7-6-13(17-14)9-12-5-4-11-3-1-2-8-16(11)12/h1-8H,9H2. The molecule has 82 valence electrons. The summed E-state index contributed by atoms with van der Waals surface area (Å²) in [5.74, 6) is 0. The first-order chi connectivity index (χ1) is 8.36. The van der Waals surface area contributed by atoms with E-state index in [0.29, 0.717) is 0 Å². The van der Waals surface area contributed by atoms with Gasteiger partial charge in [0.15, 0.2) is 0 Å². The van der Waals surface area contributed by atoms with Gasteiger partial charge in [0.25, 0.3) is 0 Å². The van der Waals surface area contributed by atoms with Crippen LogP contribution in [0, 0.1) is 11.3 Å². The smallest absolute Gasteiger partial charge is 0.110 e. The van der Waals surface area contributed by atoms with E-state index in [2.05, 4.69) is 34.9 Å². The van der Waals surface area contributed by atoms with Gasteiger partial charge in [-0.05, 0) is 36.4 Å². The van der Waals surface area contributed by atoms with Crippen LogP contribution in [0.5, 0.6) is 0 Å². The van der Waals surface area contributed by atoms with E-state index in [4.69, 9.17) is 5.26 Å². The summed E-state index contributed by atoms with van der Waals surface area (Å²) in [6.07, 6.45) is 2.95. The highest BCUT2D eigenvalue weighted by Gasteiger charge is 2.04. The van der Waals surface area contributed by atoms with Gasteiger partial charge >= 0.3 is 0 Å². The van der Waals surface area contributed by atoms with E-state index in [9.17, 15) is 0 Å². The van der Waals surface area contributed by atoms with Gasteiger partial charge in [-0.15, -0.1) is 11.3 Å². The van der Waals surface area contributed by atoms with Crippen LogP contribution in [0.1, 0.15) is 15.4 Å². The van der Waals surface area contributed by atoms with Gasteiger partial charge in [-0.25, -0.2) is 0 Å². The fraction of sp³-hybridized carbons (Fsp3) is 0.0714. The van der Waals surface area contributed by atoms with E-state index in [1.165, 1.54) is 16.1 Å². The largest absolute Gasteiger partial charge is 0.321 e. The van der Waals surface area contributed by atoms with Gasteiger partial charge in [-0.2, -0.15) is 5.26 Å². The number of thiophene rings is 1. The van der Waals surface area contributed by atoms with Gasteiger partial charge in [0.1, 0.15) is 10.9 Å². The number of hydrogen-bond donors (Lipinski definition) is 0. The SMILES string of the molecule is N#Cc1ccc(Cc2ccc3ccccn23)s1. The zero-order valence-electron chi connectivity index (χ0n) is 9.13. The van der Waals surface area contributed by atoms with Crippen molar-refractivity contribution in [2.75, 3.05) is 0 Å². The van der Waals surface area contributed by atoms with Crippen molar-refractivity contribution in [1.82, 2.24) is 4.40 Å². The first kappa shape index (κ1) is 10.1. The zero-order chi connectivity index (χ0) is 11.7. The van der Waals surface area contributed by atoms with Crippen LogP contribution in [0.25, 0.3) is 5.52 Å². The minimum Gasteiger partial charge on any atom is -0.321 e. The van der Waals surface area contributed by atoms with Crippen molar-refractivity contribution < 1.29 is 0 Å². The van der Waals surface area contributed by atoms with E-state index < -0.39 is 0 Å². The lowest BCUT2D eigenvalue weighted by atomic mass is 10.2. The van der Waals surface area contributed by atoms with Crippen LogP contribution >= 0.6 is 11.3 Å². The maximum atomic E-state index is 8.80. The summed E-state index contributed by atoms with van der Waals surface area (Å²) in [5.41, 5.74) is 2.46. The molecule has 0 saturated heterocycles. The molecule has 3 heteroatoms. The molecular weight excluding hydrogens is 228 g/mol. The third kappa shape index (κ3) is 1.83. The minimum absolute atomic E-state index is 0.779. The van der Waals surface area contributed by atoms with Crippen molar-refractivity contribution >= 4 is 16.9 Å². The molecule has 0 aliphatic carbocycles. The van der Waals surface area contributed by atoms with Crippen LogP contribution in [0.3, 0.4) is 0 Å². The Bertz CT molecular complexity index is 700. The van der Waals surface area contributed by atoms with Crippen LogP contribution in [-0.4, -0.2) is 4.40 Å². The maximum Gasteiger partial charge on any atom is 0.110 e. The van der Waals surface area contributed by atoms with Crippen LogP contribution in [0.4, 0.5) is 0 Å². The van der Waals surface area contributed by atoms with E-state index in [1.807, 2.05) is 24.3 Å². The molecule has 2 nitrogen and oxygen atoms in total. The molecule has 0 fully saturated rings. The number of aromatic nitrogens is 1. The van der Waals surface area contributed by atoms with Crippen molar-refractivity contribution in [3.63, 3.8) is 0 Å². The zero-order valence-corrected chi connectivity index (χ0v) is 9.95. The van der Waals surface area contributed by atoms with Gasteiger partial charge < -0.3 is 4.40 Å². The fourth-order valence-electron chi connectivity index (χ4n) is 1.97. The van der Waals surface area contributed by atoms with Crippen LogP contribution in [-0.2, 0) is 6.42 Å². The number of hydrogen-bond acceptors (Lipinski definition) is 2. The average Bonchev–Trinajstić information content (AvgIpc) is 2.97. The van der Waals surface area contributed by atoms with Crippen molar-refractivity contribution in [3.8, 4) is 6.07 Å². The summed E-state index contributed by atoms with van der Waals surface area (Å²) in [6.45, 7) is 0. The Morgan fingerprint density at radius 2 is 2.06 bits per heavy atom. The molecule has 0 saturated carbocycles. The summed E-state index contributed by atoms with van der Waals surface area (Å²) >= 11 is 1.57. The quantitative estimate of drug-likeness (QED) is 0.672. The number of nitrogens with zero attached hydrogens (tertiary/aromatic N) is 2. The van der Waals surface area contributed by atoms with Crippen molar-refractivity contribution in [2.24, 2.45) is 0 Å². The predicted molar refractivity (Wildman–Crippen MR) is 69.2 cm³/mol. The second-order valence-electron chi connectivity index (χ2n) is 3.87. The highest BCUT2D eigenvalue weighted by atomic mass is 32.1. The molecule has 3 aromatic rings. The monoisotopic (exact) mass is 238 g/mol. The lowest BCUT2D eigenvalue weighted by Crippen LogP contribution is -1.91. The van der Waals surface area contributed by atoms with Crippen molar-refractivity contribution in [1.29, 1.82) is 5.26 Å². The Morgan fingerprint density at radius 3 is 2.88 bits per heavy atom. The van der Waals surface area contributed by atoms with Crippen LogP contribution < -0.4 is 0 Å². The van der Waals surface area contributed by atoms with E-state index >= 15 is 0 Å². The summed E-state index contributed by atoms with van der Waals surface area (Å²) in [4.78, 5) is 2.01. The molecule has 0 atom stereocenters. The van der Waals surface area contributed by atoms with E-state index in [-0.39, 0.29) is 0 Å². The van der Waals surface area contributed by atoms with Gasteiger partial charge in [0.2, 0.25) is 0 Å². The second-order valence-corrected chi connectivity index (χ2v) is 5.04. The molecule has 0 amide bonds. The molecule has 0 aromatic carbocycles. The Labute approximate surface area is 103 Å². The number of nitriles is 1. The van der Waals surface area contributed by atoms with Crippen molar-refractivity contribution in [2.45, 2.75) is 6.42 Å². The molecule has 0 aliphatic rings.